The Morgan fingerprint density at radius 2 is 2.15 bits per heavy atom. The van der Waals surface area contributed by atoms with Gasteiger partial charge in [-0.15, -0.1) is 0 Å². The maximum Gasteiger partial charge on any atom is 0.371 e. The maximum atomic E-state index is 12.2. The summed E-state index contributed by atoms with van der Waals surface area (Å²) in [5, 5.41) is 8.78. The van der Waals surface area contributed by atoms with Crippen LogP contribution in [0, 0.1) is 6.92 Å². The van der Waals surface area contributed by atoms with Crippen LogP contribution < -0.4 is 4.72 Å². The van der Waals surface area contributed by atoms with Crippen LogP contribution in [0.25, 0.3) is 0 Å². The van der Waals surface area contributed by atoms with Crippen LogP contribution in [-0.2, 0) is 10.0 Å². The fourth-order valence-corrected chi connectivity index (χ4v) is 3.45. The van der Waals surface area contributed by atoms with Crippen LogP contribution in [0.15, 0.2) is 38.4 Å². The fraction of sp³-hybridized carbons (Fsp3) is 0.0909. The Morgan fingerprint density at radius 3 is 2.70 bits per heavy atom. The third-order valence-corrected chi connectivity index (χ3v) is 4.54. The molecular formula is C11H9BrN2O5S. The van der Waals surface area contributed by atoms with Crippen molar-refractivity contribution in [3.63, 3.8) is 0 Å². The van der Waals surface area contributed by atoms with Gasteiger partial charge in [0.05, 0.1) is 5.69 Å². The predicted molar refractivity (Wildman–Crippen MR) is 73.1 cm³/mol. The molecule has 0 spiro atoms. The van der Waals surface area contributed by atoms with Crippen LogP contribution in [0.5, 0.6) is 0 Å². The molecule has 2 rings (SSSR count). The largest absolute Gasteiger partial charge is 0.475 e. The van der Waals surface area contributed by atoms with Crippen molar-refractivity contribution in [3.8, 4) is 0 Å². The molecule has 0 saturated carbocycles. The minimum absolute atomic E-state index is 0.173. The number of halogens is 1. The zero-order valence-corrected chi connectivity index (χ0v) is 12.5. The van der Waals surface area contributed by atoms with Gasteiger partial charge in [0, 0.05) is 18.0 Å². The molecule has 0 aliphatic heterocycles. The van der Waals surface area contributed by atoms with Crippen molar-refractivity contribution in [1.82, 2.24) is 4.98 Å². The van der Waals surface area contributed by atoms with Gasteiger partial charge in [0.15, 0.2) is 4.67 Å². The van der Waals surface area contributed by atoms with E-state index < -0.39 is 21.8 Å². The van der Waals surface area contributed by atoms with E-state index in [1.165, 1.54) is 12.3 Å². The monoisotopic (exact) mass is 360 g/mol. The number of hydrogen-bond donors (Lipinski definition) is 2. The summed E-state index contributed by atoms with van der Waals surface area (Å²) in [6.07, 6.45) is 1.46. The van der Waals surface area contributed by atoms with Gasteiger partial charge in [-0.1, -0.05) is 0 Å². The summed E-state index contributed by atoms with van der Waals surface area (Å²) in [7, 11) is -3.96. The summed E-state index contributed by atoms with van der Waals surface area (Å²) < 4.78 is 31.3. The third kappa shape index (κ3) is 2.99. The third-order valence-electron chi connectivity index (χ3n) is 2.30. The average molecular weight is 361 g/mol. The molecule has 2 heterocycles. The lowest BCUT2D eigenvalue weighted by atomic mass is 10.3. The number of carbonyl (C=O) groups is 1. The molecule has 7 nitrogen and oxygen atoms in total. The quantitative estimate of drug-likeness (QED) is 0.864. The van der Waals surface area contributed by atoms with Crippen molar-refractivity contribution >= 4 is 37.6 Å². The molecule has 0 unspecified atom stereocenters. The second kappa shape index (κ2) is 5.25. The number of carboxylic acid groups (broad SMARTS) is 1. The Labute approximate surface area is 122 Å². The van der Waals surface area contributed by atoms with Crippen molar-refractivity contribution in [3.05, 3.63) is 40.5 Å². The molecule has 20 heavy (non-hydrogen) atoms. The topological polar surface area (TPSA) is 110 Å². The molecule has 0 aromatic carbocycles. The zero-order valence-electron chi connectivity index (χ0n) is 10.1. The number of anilines is 1. The lowest BCUT2D eigenvalue weighted by molar-refractivity contribution is 0.0661. The summed E-state index contributed by atoms with van der Waals surface area (Å²) in [5.74, 6) is -1.82. The van der Waals surface area contributed by atoms with E-state index in [4.69, 9.17) is 9.52 Å². The van der Waals surface area contributed by atoms with Crippen LogP contribution in [0.1, 0.15) is 16.2 Å². The molecule has 9 heteroatoms. The van der Waals surface area contributed by atoms with Crippen molar-refractivity contribution in [2.24, 2.45) is 0 Å². The first-order valence-electron chi connectivity index (χ1n) is 5.28. The van der Waals surface area contributed by atoms with Gasteiger partial charge in [-0.05, 0) is 35.0 Å². The second-order valence-corrected chi connectivity index (χ2v) is 6.22. The number of hydrogen-bond acceptors (Lipinski definition) is 5. The number of nitrogens with zero attached hydrogens (tertiary/aromatic N) is 1. The average Bonchev–Trinajstić information content (AvgIpc) is 2.71. The Morgan fingerprint density at radius 1 is 1.45 bits per heavy atom. The second-order valence-electron chi connectivity index (χ2n) is 3.85. The first kappa shape index (κ1) is 14.5. The molecule has 0 aliphatic carbocycles. The number of aryl methyl sites for hydroxylation is 1. The Bertz CT molecular complexity index is 769. The van der Waals surface area contributed by atoms with Gasteiger partial charge in [0.25, 0.3) is 10.0 Å². The van der Waals surface area contributed by atoms with E-state index in [0.29, 0.717) is 11.4 Å². The molecule has 0 amide bonds. The lowest BCUT2D eigenvalue weighted by Crippen LogP contribution is -2.13. The number of aromatic nitrogens is 1. The standard InChI is InChI=1S/C11H9BrN2O5S/c1-6-4-7(2-3-13-6)14-20(17,18)9-5-8(11(15)16)19-10(9)12/h2-5H,1H3,(H,13,14)(H,15,16). The first-order chi connectivity index (χ1) is 9.29. The first-order valence-corrected chi connectivity index (χ1v) is 7.55. The molecule has 2 aromatic rings. The summed E-state index contributed by atoms with van der Waals surface area (Å²) in [4.78, 5) is 14.4. The van der Waals surface area contributed by atoms with Gasteiger partial charge in [-0.2, -0.15) is 0 Å². The number of carboxylic acids is 1. The van der Waals surface area contributed by atoms with Gasteiger partial charge in [-0.25, -0.2) is 13.2 Å². The normalized spacial score (nSPS) is 11.3. The number of nitrogens with one attached hydrogen (secondary N) is 1. The zero-order chi connectivity index (χ0) is 14.9. The summed E-state index contributed by atoms with van der Waals surface area (Å²) in [5.41, 5.74) is 0.963. The fourth-order valence-electron chi connectivity index (χ4n) is 1.46. The van der Waals surface area contributed by atoms with Crippen LogP contribution in [0.3, 0.4) is 0 Å². The van der Waals surface area contributed by atoms with Gasteiger partial charge in [0.1, 0.15) is 4.90 Å². The van der Waals surface area contributed by atoms with Gasteiger partial charge < -0.3 is 9.52 Å². The smallest absolute Gasteiger partial charge is 0.371 e. The highest BCUT2D eigenvalue weighted by molar-refractivity contribution is 9.10. The molecule has 2 N–H and O–H groups in total. The van der Waals surface area contributed by atoms with E-state index in [1.807, 2.05) is 0 Å². The van der Waals surface area contributed by atoms with E-state index in [9.17, 15) is 13.2 Å². The Hall–Kier alpha value is -1.87. The molecule has 106 valence electrons. The number of rotatable bonds is 4. The summed E-state index contributed by atoms with van der Waals surface area (Å²) in [6, 6.07) is 3.96. The molecule has 0 bridgehead atoms. The van der Waals surface area contributed by atoms with Crippen LogP contribution in [0.4, 0.5) is 5.69 Å². The van der Waals surface area contributed by atoms with Crippen LogP contribution in [0.2, 0.25) is 0 Å². The molecule has 2 aromatic heterocycles. The Balaban J connectivity index is 2.38. The molecule has 0 aliphatic rings. The molecule has 0 radical (unpaired) electrons. The Kier molecular flexibility index (Phi) is 3.82. The van der Waals surface area contributed by atoms with Crippen molar-refractivity contribution < 1.29 is 22.7 Å². The lowest BCUT2D eigenvalue weighted by Gasteiger charge is -2.06. The highest BCUT2D eigenvalue weighted by Crippen LogP contribution is 2.27. The minimum atomic E-state index is -3.96. The molecule has 0 saturated heterocycles. The SMILES string of the molecule is Cc1cc(NS(=O)(=O)c2cc(C(=O)O)oc2Br)ccn1. The minimum Gasteiger partial charge on any atom is -0.475 e. The molecule has 0 fully saturated rings. The summed E-state index contributed by atoms with van der Waals surface area (Å²) in [6.45, 7) is 1.72. The number of aromatic carboxylic acids is 1. The number of sulfonamides is 1. The van der Waals surface area contributed by atoms with Gasteiger partial charge >= 0.3 is 5.97 Å². The number of pyridine rings is 1. The summed E-state index contributed by atoms with van der Waals surface area (Å²) >= 11 is 2.89. The predicted octanol–water partition coefficient (Wildman–Crippen LogP) is 2.24. The van der Waals surface area contributed by atoms with Crippen molar-refractivity contribution in [2.45, 2.75) is 11.8 Å². The van der Waals surface area contributed by atoms with Crippen LogP contribution in [-0.4, -0.2) is 24.5 Å². The van der Waals surface area contributed by atoms with Crippen molar-refractivity contribution in [1.29, 1.82) is 0 Å². The molecule has 0 atom stereocenters. The molecular weight excluding hydrogens is 352 g/mol. The van der Waals surface area contributed by atoms with E-state index in [2.05, 4.69) is 25.6 Å². The highest BCUT2D eigenvalue weighted by atomic mass is 79.9. The van der Waals surface area contributed by atoms with Crippen molar-refractivity contribution in [2.75, 3.05) is 4.72 Å². The van der Waals surface area contributed by atoms with E-state index >= 15 is 0 Å². The van der Waals surface area contributed by atoms with E-state index in [1.54, 1.807) is 13.0 Å². The maximum absolute atomic E-state index is 12.2. The number of furan rings is 1. The highest BCUT2D eigenvalue weighted by Gasteiger charge is 2.25. The van der Waals surface area contributed by atoms with E-state index in [-0.39, 0.29) is 9.56 Å². The van der Waals surface area contributed by atoms with Crippen LogP contribution >= 0.6 is 15.9 Å². The van der Waals surface area contributed by atoms with Gasteiger partial charge in [0.2, 0.25) is 5.76 Å². The van der Waals surface area contributed by atoms with E-state index in [0.717, 1.165) is 6.07 Å². The van der Waals surface area contributed by atoms with Gasteiger partial charge in [-0.3, -0.25) is 9.71 Å².